The van der Waals surface area contributed by atoms with Crippen LogP contribution in [-0.2, 0) is 21.4 Å². The maximum Gasteiger partial charge on any atom is 0.246 e. The number of carbonyl (C=O) groups excluding carboxylic acids is 1. The van der Waals surface area contributed by atoms with Crippen molar-refractivity contribution in [1.29, 1.82) is 0 Å². The summed E-state index contributed by atoms with van der Waals surface area (Å²) in [5, 5.41) is 8.51. The molecule has 0 radical (unpaired) electrons. The third-order valence-corrected chi connectivity index (χ3v) is 6.26. The predicted molar refractivity (Wildman–Crippen MR) is 112 cm³/mol. The number of carbonyl (C=O) groups is 1. The van der Waals surface area contributed by atoms with Gasteiger partial charge in [-0.1, -0.05) is 30.3 Å². The minimum atomic E-state index is -3.68. The second-order valence-corrected chi connectivity index (χ2v) is 9.34. The van der Waals surface area contributed by atoms with Gasteiger partial charge in [0.2, 0.25) is 27.6 Å². The first-order chi connectivity index (χ1) is 13.8. The van der Waals surface area contributed by atoms with E-state index in [2.05, 4.69) is 15.5 Å². The molecule has 1 aromatic carbocycles. The van der Waals surface area contributed by atoms with Crippen LogP contribution in [0.3, 0.4) is 0 Å². The summed E-state index contributed by atoms with van der Waals surface area (Å²) in [6.45, 7) is 3.64. The summed E-state index contributed by atoms with van der Waals surface area (Å²) in [5.74, 6) is 0.266. The number of thiophene rings is 1. The fourth-order valence-electron chi connectivity index (χ4n) is 2.94. The average molecular weight is 435 g/mol. The Bertz CT molecular complexity index is 1080. The molecule has 0 fully saturated rings. The van der Waals surface area contributed by atoms with Crippen LogP contribution in [0.2, 0.25) is 0 Å². The fourth-order valence-corrected chi connectivity index (χ4v) is 4.79. The van der Waals surface area contributed by atoms with E-state index < -0.39 is 22.0 Å². The summed E-state index contributed by atoms with van der Waals surface area (Å²) in [6.07, 6.45) is 1.40. The van der Waals surface area contributed by atoms with Crippen molar-refractivity contribution in [2.75, 3.05) is 10.6 Å². The van der Waals surface area contributed by atoms with Crippen molar-refractivity contribution in [2.24, 2.45) is 0 Å². The normalized spacial score (nSPS) is 12.5. The first-order valence-corrected chi connectivity index (χ1v) is 11.7. The Morgan fingerprint density at radius 1 is 1.31 bits per heavy atom. The number of aryl methyl sites for hydroxylation is 1. The SMILES string of the molecule is CC[C@H](C(=O)NCc1nc(-c2cccs2)no1)N(c1cccc(C)c1)S(C)(=O)=O. The van der Waals surface area contributed by atoms with Crippen molar-refractivity contribution in [1.82, 2.24) is 15.5 Å². The third-order valence-electron chi connectivity index (χ3n) is 4.21. The first-order valence-electron chi connectivity index (χ1n) is 9.00. The highest BCUT2D eigenvalue weighted by Gasteiger charge is 2.31. The van der Waals surface area contributed by atoms with Crippen LogP contribution >= 0.6 is 11.3 Å². The lowest BCUT2D eigenvalue weighted by Gasteiger charge is -2.30. The number of sulfonamides is 1. The zero-order valence-electron chi connectivity index (χ0n) is 16.3. The largest absolute Gasteiger partial charge is 0.345 e. The van der Waals surface area contributed by atoms with Gasteiger partial charge in [-0.3, -0.25) is 9.10 Å². The molecule has 154 valence electrons. The summed E-state index contributed by atoms with van der Waals surface area (Å²) in [7, 11) is -3.68. The summed E-state index contributed by atoms with van der Waals surface area (Å²) >= 11 is 1.48. The number of nitrogens with zero attached hydrogens (tertiary/aromatic N) is 3. The van der Waals surface area contributed by atoms with E-state index in [-0.39, 0.29) is 12.4 Å². The molecule has 8 nitrogen and oxygen atoms in total. The minimum absolute atomic E-state index is 0.0130. The number of nitrogens with one attached hydrogen (secondary N) is 1. The van der Waals surface area contributed by atoms with E-state index in [0.29, 0.717) is 17.9 Å². The zero-order chi connectivity index (χ0) is 21.0. The molecular weight excluding hydrogens is 412 g/mol. The monoisotopic (exact) mass is 434 g/mol. The number of rotatable bonds is 8. The molecule has 0 spiro atoms. The molecule has 3 aromatic rings. The number of anilines is 1. The maximum atomic E-state index is 12.8. The molecule has 2 aromatic heterocycles. The molecule has 2 heterocycles. The number of hydrogen-bond donors (Lipinski definition) is 1. The molecular formula is C19H22N4O4S2. The number of benzene rings is 1. The van der Waals surface area contributed by atoms with Gasteiger partial charge in [0.1, 0.15) is 6.04 Å². The Labute approximate surface area is 173 Å². The Morgan fingerprint density at radius 2 is 2.10 bits per heavy atom. The molecule has 0 aliphatic carbocycles. The summed E-state index contributed by atoms with van der Waals surface area (Å²) < 4.78 is 31.3. The molecule has 0 bridgehead atoms. The molecule has 0 saturated carbocycles. The van der Waals surface area contributed by atoms with E-state index in [0.717, 1.165) is 21.0 Å². The topological polar surface area (TPSA) is 105 Å². The molecule has 0 saturated heterocycles. The Kier molecular flexibility index (Phi) is 6.33. The summed E-state index contributed by atoms with van der Waals surface area (Å²) in [6, 6.07) is 9.90. The van der Waals surface area contributed by atoms with Gasteiger partial charge in [0.05, 0.1) is 23.4 Å². The van der Waals surface area contributed by atoms with Gasteiger partial charge in [-0.15, -0.1) is 11.3 Å². The minimum Gasteiger partial charge on any atom is -0.345 e. The van der Waals surface area contributed by atoms with Crippen molar-refractivity contribution in [3.05, 3.63) is 53.2 Å². The van der Waals surface area contributed by atoms with Gasteiger partial charge in [-0.25, -0.2) is 8.42 Å². The van der Waals surface area contributed by atoms with Crippen LogP contribution in [0.15, 0.2) is 46.3 Å². The van der Waals surface area contributed by atoms with Gasteiger partial charge in [0.25, 0.3) is 0 Å². The predicted octanol–water partition coefficient (Wildman–Crippen LogP) is 2.97. The summed E-state index contributed by atoms with van der Waals surface area (Å²) in [5.41, 5.74) is 1.35. The molecule has 1 N–H and O–H groups in total. The zero-order valence-corrected chi connectivity index (χ0v) is 18.0. The van der Waals surface area contributed by atoms with Crippen LogP contribution in [-0.4, -0.2) is 36.8 Å². The fraction of sp³-hybridized carbons (Fsp3) is 0.316. The number of hydrogen-bond acceptors (Lipinski definition) is 7. The van der Waals surface area contributed by atoms with Crippen LogP contribution in [0.25, 0.3) is 10.7 Å². The van der Waals surface area contributed by atoms with Crippen LogP contribution in [0.1, 0.15) is 24.8 Å². The molecule has 3 rings (SSSR count). The highest BCUT2D eigenvalue weighted by Crippen LogP contribution is 2.24. The Morgan fingerprint density at radius 3 is 2.72 bits per heavy atom. The van der Waals surface area contributed by atoms with Gasteiger partial charge in [-0.05, 0) is 42.5 Å². The second kappa shape index (κ2) is 8.75. The lowest BCUT2D eigenvalue weighted by atomic mass is 10.1. The van der Waals surface area contributed by atoms with Crippen molar-refractivity contribution in [3.8, 4) is 10.7 Å². The summed E-state index contributed by atoms with van der Waals surface area (Å²) in [4.78, 5) is 17.9. The lowest BCUT2D eigenvalue weighted by molar-refractivity contribution is -0.122. The molecule has 29 heavy (non-hydrogen) atoms. The van der Waals surface area contributed by atoms with Gasteiger partial charge >= 0.3 is 0 Å². The Hall–Kier alpha value is -2.72. The van der Waals surface area contributed by atoms with E-state index in [1.165, 1.54) is 11.3 Å². The molecule has 10 heteroatoms. The van der Waals surface area contributed by atoms with E-state index in [9.17, 15) is 13.2 Å². The van der Waals surface area contributed by atoms with Gasteiger partial charge in [-0.2, -0.15) is 4.98 Å². The van der Waals surface area contributed by atoms with Crippen molar-refractivity contribution < 1.29 is 17.7 Å². The van der Waals surface area contributed by atoms with Gasteiger partial charge in [0.15, 0.2) is 0 Å². The van der Waals surface area contributed by atoms with Crippen molar-refractivity contribution in [2.45, 2.75) is 32.9 Å². The van der Waals surface area contributed by atoms with E-state index in [1.807, 2.05) is 30.5 Å². The van der Waals surface area contributed by atoms with Crippen molar-refractivity contribution in [3.63, 3.8) is 0 Å². The average Bonchev–Trinajstić information content (AvgIpc) is 3.34. The smallest absolute Gasteiger partial charge is 0.246 e. The molecule has 1 atom stereocenters. The Balaban J connectivity index is 1.76. The maximum absolute atomic E-state index is 12.8. The van der Waals surface area contributed by atoms with Crippen LogP contribution in [0.5, 0.6) is 0 Å². The van der Waals surface area contributed by atoms with Crippen LogP contribution in [0, 0.1) is 6.92 Å². The van der Waals surface area contributed by atoms with Gasteiger partial charge < -0.3 is 9.84 Å². The van der Waals surface area contributed by atoms with Crippen molar-refractivity contribution >= 4 is 33.0 Å². The molecule has 0 unspecified atom stereocenters. The highest BCUT2D eigenvalue weighted by molar-refractivity contribution is 7.92. The first kappa shape index (κ1) is 21.0. The lowest BCUT2D eigenvalue weighted by Crippen LogP contribution is -2.49. The van der Waals surface area contributed by atoms with E-state index >= 15 is 0 Å². The molecule has 1 amide bonds. The van der Waals surface area contributed by atoms with E-state index in [4.69, 9.17) is 4.52 Å². The third kappa shape index (κ3) is 5.01. The van der Waals surface area contributed by atoms with E-state index in [1.54, 1.807) is 25.1 Å². The number of aromatic nitrogens is 2. The second-order valence-electron chi connectivity index (χ2n) is 6.53. The standard InChI is InChI=1S/C19H22N4O4S2/c1-4-15(23(29(3,25)26)14-8-5-7-13(2)11-14)19(24)20-12-17-21-18(22-27-17)16-9-6-10-28-16/h5-11,15H,4,12H2,1-3H3,(H,20,24)/t15-/m1/s1. The molecule has 0 aliphatic rings. The van der Waals surface area contributed by atoms with Gasteiger partial charge in [0, 0.05) is 0 Å². The number of amides is 1. The quantitative estimate of drug-likeness (QED) is 0.584. The van der Waals surface area contributed by atoms with Crippen LogP contribution in [0.4, 0.5) is 5.69 Å². The van der Waals surface area contributed by atoms with Crippen LogP contribution < -0.4 is 9.62 Å². The molecule has 0 aliphatic heterocycles. The highest BCUT2D eigenvalue weighted by atomic mass is 32.2.